The van der Waals surface area contributed by atoms with Crippen LogP contribution in [0.25, 0.3) is 5.65 Å². The minimum absolute atomic E-state index is 0.543. The molecule has 0 aliphatic carbocycles. The van der Waals surface area contributed by atoms with Crippen molar-refractivity contribution in [3.8, 4) is 0 Å². The first-order valence-corrected chi connectivity index (χ1v) is 10.3. The molecule has 1 fully saturated rings. The second kappa shape index (κ2) is 8.37. The van der Waals surface area contributed by atoms with Gasteiger partial charge in [-0.15, -0.1) is 0 Å². The monoisotopic (exact) mass is 398 g/mol. The molecule has 1 aliphatic rings. The van der Waals surface area contributed by atoms with Gasteiger partial charge in [-0.2, -0.15) is 5.10 Å². The number of rotatable bonds is 6. The lowest BCUT2D eigenvalue weighted by atomic mass is 10.1. The van der Waals surface area contributed by atoms with Crippen molar-refractivity contribution < 1.29 is 0 Å². The summed E-state index contributed by atoms with van der Waals surface area (Å²) in [5.74, 6) is 0.776. The maximum Gasteiger partial charge on any atom is 0.180 e. The first-order chi connectivity index (χ1) is 13.6. The molecule has 0 radical (unpaired) electrons. The second-order valence-corrected chi connectivity index (χ2v) is 8.14. The summed E-state index contributed by atoms with van der Waals surface area (Å²) in [7, 11) is 0. The molecule has 7 heteroatoms. The number of nitrogens with one attached hydrogen (secondary N) is 1. The van der Waals surface area contributed by atoms with Crippen molar-refractivity contribution in [3.05, 3.63) is 47.9 Å². The van der Waals surface area contributed by atoms with Crippen molar-refractivity contribution in [1.82, 2.24) is 19.5 Å². The van der Waals surface area contributed by atoms with Gasteiger partial charge in [-0.05, 0) is 55.3 Å². The fraction of sp³-hybridized carbons (Fsp3) is 0.429. The van der Waals surface area contributed by atoms with Gasteiger partial charge in [0.1, 0.15) is 11.5 Å². The molecular weight excluding hydrogens is 372 g/mol. The van der Waals surface area contributed by atoms with Crippen molar-refractivity contribution in [2.45, 2.75) is 20.3 Å². The van der Waals surface area contributed by atoms with Crippen molar-refractivity contribution in [2.75, 3.05) is 42.9 Å². The Morgan fingerprint density at radius 3 is 2.50 bits per heavy atom. The SMILES string of the molecule is CC(C)CCN1CCN(c2ccc(Nc3ccc(Cl)n4ncnc34)cc2)CC1. The highest BCUT2D eigenvalue weighted by Crippen LogP contribution is 2.25. The third-order valence-electron chi connectivity index (χ3n) is 5.28. The minimum atomic E-state index is 0.543. The molecule has 0 bridgehead atoms. The van der Waals surface area contributed by atoms with Gasteiger partial charge in [-0.1, -0.05) is 25.4 Å². The molecular formula is C21H27ClN6. The molecule has 28 heavy (non-hydrogen) atoms. The average molecular weight is 399 g/mol. The highest BCUT2D eigenvalue weighted by Gasteiger charge is 2.17. The topological polar surface area (TPSA) is 48.7 Å². The van der Waals surface area contributed by atoms with E-state index in [1.165, 1.54) is 25.0 Å². The Morgan fingerprint density at radius 1 is 1.04 bits per heavy atom. The van der Waals surface area contributed by atoms with Crippen LogP contribution < -0.4 is 10.2 Å². The van der Waals surface area contributed by atoms with Gasteiger partial charge in [0.25, 0.3) is 0 Å². The third kappa shape index (κ3) is 4.23. The van der Waals surface area contributed by atoms with E-state index in [2.05, 4.69) is 63.3 Å². The van der Waals surface area contributed by atoms with Crippen LogP contribution in [-0.2, 0) is 0 Å². The van der Waals surface area contributed by atoms with Crippen LogP contribution in [0.2, 0.25) is 5.15 Å². The Bertz CT molecular complexity index is 912. The smallest absolute Gasteiger partial charge is 0.180 e. The summed E-state index contributed by atoms with van der Waals surface area (Å²) >= 11 is 6.15. The molecule has 1 aromatic carbocycles. The number of hydrogen-bond donors (Lipinski definition) is 1. The Balaban J connectivity index is 1.38. The Morgan fingerprint density at radius 2 is 1.79 bits per heavy atom. The number of pyridine rings is 1. The zero-order chi connectivity index (χ0) is 19.5. The number of piperazine rings is 1. The summed E-state index contributed by atoms with van der Waals surface area (Å²) in [6, 6.07) is 12.3. The summed E-state index contributed by atoms with van der Waals surface area (Å²) in [5, 5.41) is 8.11. The van der Waals surface area contributed by atoms with E-state index < -0.39 is 0 Å². The first-order valence-electron chi connectivity index (χ1n) is 9.93. The highest BCUT2D eigenvalue weighted by molar-refractivity contribution is 6.29. The molecule has 0 unspecified atom stereocenters. The Kier molecular flexibility index (Phi) is 5.69. The molecule has 0 saturated carbocycles. The zero-order valence-corrected chi connectivity index (χ0v) is 17.2. The van der Waals surface area contributed by atoms with Crippen molar-refractivity contribution in [3.63, 3.8) is 0 Å². The molecule has 0 atom stereocenters. The quantitative estimate of drug-likeness (QED) is 0.627. The Labute approximate surface area is 171 Å². The lowest BCUT2D eigenvalue weighted by Crippen LogP contribution is -2.46. The molecule has 0 spiro atoms. The molecule has 3 aromatic rings. The molecule has 1 aliphatic heterocycles. The minimum Gasteiger partial charge on any atom is -0.369 e. The van der Waals surface area contributed by atoms with Crippen LogP contribution in [0.3, 0.4) is 0 Å². The van der Waals surface area contributed by atoms with Crippen LogP contribution in [0.4, 0.5) is 17.1 Å². The van der Waals surface area contributed by atoms with Crippen LogP contribution in [0.1, 0.15) is 20.3 Å². The van der Waals surface area contributed by atoms with Crippen LogP contribution in [-0.4, -0.2) is 52.2 Å². The molecule has 4 rings (SSSR count). The van der Waals surface area contributed by atoms with Crippen LogP contribution in [0.5, 0.6) is 0 Å². The highest BCUT2D eigenvalue weighted by atomic mass is 35.5. The number of anilines is 3. The third-order valence-corrected chi connectivity index (χ3v) is 5.57. The fourth-order valence-electron chi connectivity index (χ4n) is 3.56. The van der Waals surface area contributed by atoms with E-state index >= 15 is 0 Å². The van der Waals surface area contributed by atoms with E-state index in [0.29, 0.717) is 10.8 Å². The molecule has 2 aromatic heterocycles. The van der Waals surface area contributed by atoms with E-state index in [1.54, 1.807) is 4.52 Å². The van der Waals surface area contributed by atoms with Crippen molar-refractivity contribution in [2.24, 2.45) is 5.92 Å². The van der Waals surface area contributed by atoms with Gasteiger partial charge in [0.05, 0.1) is 5.69 Å². The fourth-order valence-corrected chi connectivity index (χ4v) is 3.74. The lowest BCUT2D eigenvalue weighted by molar-refractivity contribution is 0.244. The van der Waals surface area contributed by atoms with Gasteiger partial charge in [0, 0.05) is 37.6 Å². The number of hydrogen-bond acceptors (Lipinski definition) is 5. The number of halogens is 1. The lowest BCUT2D eigenvalue weighted by Gasteiger charge is -2.36. The van der Waals surface area contributed by atoms with E-state index in [9.17, 15) is 0 Å². The van der Waals surface area contributed by atoms with E-state index in [4.69, 9.17) is 11.6 Å². The van der Waals surface area contributed by atoms with Gasteiger partial charge in [0.2, 0.25) is 0 Å². The molecule has 148 valence electrons. The molecule has 0 amide bonds. The maximum absolute atomic E-state index is 6.15. The van der Waals surface area contributed by atoms with Gasteiger partial charge in [-0.3, -0.25) is 4.90 Å². The number of benzene rings is 1. The van der Waals surface area contributed by atoms with Gasteiger partial charge >= 0.3 is 0 Å². The van der Waals surface area contributed by atoms with E-state index in [1.807, 2.05) is 12.1 Å². The average Bonchev–Trinajstić information content (AvgIpc) is 3.21. The summed E-state index contributed by atoms with van der Waals surface area (Å²) in [5.41, 5.74) is 3.90. The molecule has 6 nitrogen and oxygen atoms in total. The number of fused-ring (bicyclic) bond motifs is 1. The predicted octanol–water partition coefficient (Wildman–Crippen LogP) is 4.29. The van der Waals surface area contributed by atoms with Gasteiger partial charge < -0.3 is 10.2 Å². The van der Waals surface area contributed by atoms with Gasteiger partial charge in [-0.25, -0.2) is 9.50 Å². The van der Waals surface area contributed by atoms with E-state index in [-0.39, 0.29) is 0 Å². The molecule has 1 N–H and O–H groups in total. The summed E-state index contributed by atoms with van der Waals surface area (Å²) in [4.78, 5) is 9.34. The largest absolute Gasteiger partial charge is 0.369 e. The number of aromatic nitrogens is 3. The van der Waals surface area contributed by atoms with E-state index in [0.717, 1.165) is 43.5 Å². The normalized spacial score (nSPS) is 15.5. The zero-order valence-electron chi connectivity index (χ0n) is 16.5. The van der Waals surface area contributed by atoms with Crippen LogP contribution in [0, 0.1) is 5.92 Å². The predicted molar refractivity (Wildman–Crippen MR) is 116 cm³/mol. The number of nitrogens with zero attached hydrogens (tertiary/aromatic N) is 5. The first kappa shape index (κ1) is 19.0. The summed E-state index contributed by atoms with van der Waals surface area (Å²) in [6.07, 6.45) is 2.79. The summed E-state index contributed by atoms with van der Waals surface area (Å²) < 4.78 is 1.62. The molecule has 3 heterocycles. The maximum atomic E-state index is 6.15. The van der Waals surface area contributed by atoms with Crippen molar-refractivity contribution in [1.29, 1.82) is 0 Å². The standard InChI is InChI=1S/C21H27ClN6/c1-16(2)9-10-26-11-13-27(14-12-26)18-5-3-17(4-6-18)25-19-7-8-20(22)28-21(19)23-15-24-28/h3-8,15-16,25H,9-14H2,1-2H3. The van der Waals surface area contributed by atoms with Gasteiger partial charge in [0.15, 0.2) is 5.65 Å². The van der Waals surface area contributed by atoms with Crippen LogP contribution >= 0.6 is 11.6 Å². The summed E-state index contributed by atoms with van der Waals surface area (Å²) in [6.45, 7) is 10.3. The molecule has 1 saturated heterocycles. The Hall–Kier alpha value is -2.31. The van der Waals surface area contributed by atoms with Crippen LogP contribution in [0.15, 0.2) is 42.7 Å². The van der Waals surface area contributed by atoms with Crippen molar-refractivity contribution >= 4 is 34.3 Å². The second-order valence-electron chi connectivity index (χ2n) is 7.75.